The first-order valence-electron chi connectivity index (χ1n) is 7.69. The largest absolute Gasteiger partial charge is 0.388 e. The van der Waals surface area contributed by atoms with Crippen LogP contribution >= 0.6 is 0 Å². The van der Waals surface area contributed by atoms with Crippen LogP contribution in [-0.2, 0) is 4.79 Å². The molecule has 6 nitrogen and oxygen atoms in total. The second-order valence-corrected chi connectivity index (χ2v) is 5.86. The fourth-order valence-electron chi connectivity index (χ4n) is 2.75. The van der Waals surface area contributed by atoms with Crippen LogP contribution in [0.5, 0.6) is 0 Å². The first-order chi connectivity index (χ1) is 11.1. The third kappa shape index (κ3) is 3.48. The average molecular weight is 312 g/mol. The van der Waals surface area contributed by atoms with Crippen molar-refractivity contribution in [3.63, 3.8) is 0 Å². The Labute approximate surface area is 134 Å². The van der Waals surface area contributed by atoms with Crippen molar-refractivity contribution in [3.8, 4) is 0 Å². The van der Waals surface area contributed by atoms with Crippen LogP contribution in [0.3, 0.4) is 0 Å². The lowest BCUT2D eigenvalue weighted by molar-refractivity contribution is -0.129. The van der Waals surface area contributed by atoms with E-state index in [4.69, 9.17) is 0 Å². The highest BCUT2D eigenvalue weighted by molar-refractivity contribution is 5.87. The third-order valence-corrected chi connectivity index (χ3v) is 4.25. The molecule has 23 heavy (non-hydrogen) atoms. The molecule has 6 heteroatoms. The molecule has 0 bridgehead atoms. The van der Waals surface area contributed by atoms with Crippen molar-refractivity contribution >= 4 is 22.8 Å². The predicted molar refractivity (Wildman–Crippen MR) is 89.0 cm³/mol. The molecule has 2 heterocycles. The van der Waals surface area contributed by atoms with Gasteiger partial charge in [-0.1, -0.05) is 24.8 Å². The SMILES string of the molecule is C=CC(=O)N1CCC(O)(CNc2ncc3ccccc3n2)CC1. The number of rotatable bonds is 4. The number of likely N-dealkylation sites (tertiary alicyclic amines) is 1. The Morgan fingerprint density at radius 3 is 2.87 bits per heavy atom. The van der Waals surface area contributed by atoms with E-state index >= 15 is 0 Å². The molecule has 0 radical (unpaired) electrons. The van der Waals surface area contributed by atoms with Crippen molar-refractivity contribution in [3.05, 3.63) is 43.1 Å². The van der Waals surface area contributed by atoms with Gasteiger partial charge < -0.3 is 15.3 Å². The maximum absolute atomic E-state index is 11.6. The number of benzene rings is 1. The number of nitrogens with one attached hydrogen (secondary N) is 1. The molecular formula is C17H20N4O2. The summed E-state index contributed by atoms with van der Waals surface area (Å²) in [4.78, 5) is 22.0. The molecule has 1 aliphatic heterocycles. The first-order valence-corrected chi connectivity index (χ1v) is 7.69. The lowest BCUT2D eigenvalue weighted by Gasteiger charge is -2.37. The number of piperidine rings is 1. The molecular weight excluding hydrogens is 292 g/mol. The minimum atomic E-state index is -0.854. The van der Waals surface area contributed by atoms with E-state index in [1.165, 1.54) is 6.08 Å². The summed E-state index contributed by atoms with van der Waals surface area (Å²) in [6.45, 7) is 4.91. The summed E-state index contributed by atoms with van der Waals surface area (Å²) in [5, 5.41) is 14.7. The number of aliphatic hydroxyl groups is 1. The molecule has 0 saturated carbocycles. The summed E-state index contributed by atoms with van der Waals surface area (Å²) >= 11 is 0. The van der Waals surface area contributed by atoms with Crippen LogP contribution in [0, 0.1) is 0 Å². The standard InChI is InChI=1S/C17H20N4O2/c1-2-15(22)21-9-7-17(23,8-10-21)12-19-16-18-11-13-5-3-4-6-14(13)20-16/h2-6,11,23H,1,7-10,12H2,(H,18,19,20). The Morgan fingerprint density at radius 2 is 2.13 bits per heavy atom. The van der Waals surface area contributed by atoms with Crippen LogP contribution < -0.4 is 5.32 Å². The van der Waals surface area contributed by atoms with E-state index in [9.17, 15) is 9.90 Å². The van der Waals surface area contributed by atoms with Gasteiger partial charge in [-0.25, -0.2) is 9.97 Å². The summed E-state index contributed by atoms with van der Waals surface area (Å²) in [5.74, 6) is 0.416. The second kappa shape index (κ2) is 6.34. The highest BCUT2D eigenvalue weighted by Crippen LogP contribution is 2.23. The van der Waals surface area contributed by atoms with E-state index in [0.717, 1.165) is 10.9 Å². The predicted octanol–water partition coefficient (Wildman–Crippen LogP) is 1.58. The molecule has 1 amide bonds. The van der Waals surface area contributed by atoms with Crippen molar-refractivity contribution in [1.82, 2.24) is 14.9 Å². The van der Waals surface area contributed by atoms with Gasteiger partial charge in [-0.3, -0.25) is 4.79 Å². The topological polar surface area (TPSA) is 78.4 Å². The Kier molecular flexibility index (Phi) is 4.25. The summed E-state index contributed by atoms with van der Waals surface area (Å²) in [6, 6.07) is 7.76. The number of anilines is 1. The molecule has 0 aliphatic carbocycles. The number of para-hydroxylation sites is 1. The second-order valence-electron chi connectivity index (χ2n) is 5.86. The van der Waals surface area contributed by atoms with Crippen molar-refractivity contribution in [2.45, 2.75) is 18.4 Å². The number of nitrogens with zero attached hydrogens (tertiary/aromatic N) is 3. The van der Waals surface area contributed by atoms with Gasteiger partial charge in [0.25, 0.3) is 0 Å². The minimum absolute atomic E-state index is 0.0853. The maximum atomic E-state index is 11.6. The molecule has 3 rings (SSSR count). The highest BCUT2D eigenvalue weighted by Gasteiger charge is 2.33. The number of fused-ring (bicyclic) bond motifs is 1. The molecule has 0 spiro atoms. The third-order valence-electron chi connectivity index (χ3n) is 4.25. The summed E-state index contributed by atoms with van der Waals surface area (Å²) in [7, 11) is 0. The smallest absolute Gasteiger partial charge is 0.245 e. The molecule has 0 unspecified atom stereocenters. The number of carbonyl (C=O) groups excluding carboxylic acids is 1. The van der Waals surface area contributed by atoms with Crippen molar-refractivity contribution < 1.29 is 9.90 Å². The fourth-order valence-corrected chi connectivity index (χ4v) is 2.75. The Bertz CT molecular complexity index is 723. The van der Waals surface area contributed by atoms with E-state index in [-0.39, 0.29) is 5.91 Å². The first kappa shape index (κ1) is 15.4. The van der Waals surface area contributed by atoms with Gasteiger partial charge in [0.2, 0.25) is 11.9 Å². The van der Waals surface area contributed by atoms with Gasteiger partial charge in [0, 0.05) is 31.2 Å². The Balaban J connectivity index is 1.61. The summed E-state index contributed by atoms with van der Waals surface area (Å²) < 4.78 is 0. The molecule has 1 fully saturated rings. The summed E-state index contributed by atoms with van der Waals surface area (Å²) in [6.07, 6.45) is 4.12. The van der Waals surface area contributed by atoms with Crippen molar-refractivity contribution in [2.24, 2.45) is 0 Å². The normalized spacial score (nSPS) is 17.0. The van der Waals surface area contributed by atoms with E-state index in [0.29, 0.717) is 38.4 Å². The van der Waals surface area contributed by atoms with Crippen LogP contribution in [-0.4, -0.2) is 51.1 Å². The van der Waals surface area contributed by atoms with Gasteiger partial charge in [0.05, 0.1) is 11.1 Å². The minimum Gasteiger partial charge on any atom is -0.388 e. The zero-order valence-corrected chi connectivity index (χ0v) is 12.9. The van der Waals surface area contributed by atoms with E-state index < -0.39 is 5.60 Å². The number of amides is 1. The van der Waals surface area contributed by atoms with Crippen LogP contribution in [0.1, 0.15) is 12.8 Å². The van der Waals surface area contributed by atoms with Gasteiger partial charge in [-0.15, -0.1) is 0 Å². The molecule has 0 atom stereocenters. The van der Waals surface area contributed by atoms with Gasteiger partial charge >= 0.3 is 0 Å². The monoisotopic (exact) mass is 312 g/mol. The van der Waals surface area contributed by atoms with E-state index in [2.05, 4.69) is 21.9 Å². The van der Waals surface area contributed by atoms with Crippen LogP contribution in [0.4, 0.5) is 5.95 Å². The molecule has 1 saturated heterocycles. The van der Waals surface area contributed by atoms with Gasteiger partial charge in [-0.2, -0.15) is 0 Å². The van der Waals surface area contributed by atoms with E-state index in [1.54, 1.807) is 11.1 Å². The van der Waals surface area contributed by atoms with Crippen LogP contribution in [0.15, 0.2) is 43.1 Å². The van der Waals surface area contributed by atoms with Gasteiger partial charge in [0.15, 0.2) is 0 Å². The molecule has 2 aromatic rings. The maximum Gasteiger partial charge on any atom is 0.245 e. The molecule has 1 aromatic carbocycles. The van der Waals surface area contributed by atoms with E-state index in [1.807, 2.05) is 24.3 Å². The van der Waals surface area contributed by atoms with Crippen LogP contribution in [0.25, 0.3) is 10.9 Å². The Morgan fingerprint density at radius 1 is 1.39 bits per heavy atom. The van der Waals surface area contributed by atoms with Crippen LogP contribution in [0.2, 0.25) is 0 Å². The molecule has 120 valence electrons. The zero-order chi connectivity index (χ0) is 16.3. The Hall–Kier alpha value is -2.47. The zero-order valence-electron chi connectivity index (χ0n) is 12.9. The number of aromatic nitrogens is 2. The number of hydrogen-bond donors (Lipinski definition) is 2. The van der Waals surface area contributed by atoms with Gasteiger partial charge in [0.1, 0.15) is 0 Å². The number of carbonyl (C=O) groups is 1. The fraction of sp³-hybridized carbons (Fsp3) is 0.353. The molecule has 2 N–H and O–H groups in total. The van der Waals surface area contributed by atoms with Crippen molar-refractivity contribution in [1.29, 1.82) is 0 Å². The lowest BCUT2D eigenvalue weighted by Crippen LogP contribution is -2.49. The quantitative estimate of drug-likeness (QED) is 0.838. The molecule has 1 aliphatic rings. The van der Waals surface area contributed by atoms with Gasteiger partial charge in [-0.05, 0) is 25.0 Å². The van der Waals surface area contributed by atoms with Crippen molar-refractivity contribution in [2.75, 3.05) is 25.0 Å². The highest BCUT2D eigenvalue weighted by atomic mass is 16.3. The molecule has 1 aromatic heterocycles. The number of hydrogen-bond acceptors (Lipinski definition) is 5. The summed E-state index contributed by atoms with van der Waals surface area (Å²) in [5.41, 5.74) is 0.0100. The average Bonchev–Trinajstić information content (AvgIpc) is 2.60. The lowest BCUT2D eigenvalue weighted by atomic mass is 9.91.